The number of benzene rings is 6. The summed E-state index contributed by atoms with van der Waals surface area (Å²) in [6, 6.07) is 40.7. The van der Waals surface area contributed by atoms with Crippen LogP contribution in [0, 0.1) is 35.5 Å². The summed E-state index contributed by atoms with van der Waals surface area (Å²) in [4.78, 5) is 59.3. The molecule has 0 aromatic heterocycles. The van der Waals surface area contributed by atoms with Crippen molar-refractivity contribution in [1.29, 1.82) is 0 Å². The minimum atomic E-state index is -4.01. The number of anilines is 2. The number of sulfonamides is 2. The number of rotatable bonds is 6. The average molecular weight is 1470 g/mol. The van der Waals surface area contributed by atoms with E-state index >= 15 is 0 Å². The van der Waals surface area contributed by atoms with E-state index in [4.69, 9.17) is 32.7 Å². The number of carbonyl (C=O) groups is 4. The number of carbonyl (C=O) groups excluding carboxylic acids is 4. The Balaban J connectivity index is 0.000000182. The number of amides is 4. The van der Waals surface area contributed by atoms with Crippen molar-refractivity contribution in [3.05, 3.63) is 188 Å². The Morgan fingerprint density at radius 1 is 0.520 bits per heavy atom. The predicted molar refractivity (Wildman–Crippen MR) is 398 cm³/mol. The van der Waals surface area contributed by atoms with Crippen molar-refractivity contribution in [3.8, 4) is 11.5 Å². The van der Waals surface area contributed by atoms with Gasteiger partial charge in [-0.15, -0.1) is 0 Å². The largest absolute Gasteiger partial charge is 0.490 e. The van der Waals surface area contributed by atoms with Crippen LogP contribution in [0.2, 0.25) is 10.0 Å². The van der Waals surface area contributed by atoms with Gasteiger partial charge in [-0.25, -0.2) is 26.3 Å². The summed E-state index contributed by atoms with van der Waals surface area (Å²) >= 11 is 12.9. The molecule has 8 aliphatic rings. The maximum atomic E-state index is 13.7. The summed E-state index contributed by atoms with van der Waals surface area (Å²) in [5.41, 5.74) is 5.40. The van der Waals surface area contributed by atoms with Crippen LogP contribution < -0.4 is 39.4 Å². The third-order valence-electron chi connectivity index (χ3n) is 24.7. The molecule has 22 heteroatoms. The highest BCUT2D eigenvalue weighted by Crippen LogP contribution is 2.52. The van der Waals surface area contributed by atoms with Crippen LogP contribution in [-0.4, -0.2) is 125 Å². The lowest BCUT2D eigenvalue weighted by Gasteiger charge is -2.52. The molecule has 0 saturated heterocycles. The fourth-order valence-electron chi connectivity index (χ4n) is 18.2. The van der Waals surface area contributed by atoms with E-state index in [2.05, 4.69) is 54.1 Å². The van der Waals surface area contributed by atoms with Gasteiger partial charge in [-0.2, -0.15) is 0 Å². The first-order chi connectivity index (χ1) is 48.9. The van der Waals surface area contributed by atoms with Crippen molar-refractivity contribution in [1.82, 2.24) is 20.1 Å². The zero-order valence-corrected chi connectivity index (χ0v) is 61.9. The molecule has 4 bridgehead atoms. The van der Waals surface area contributed by atoms with Crippen molar-refractivity contribution in [3.63, 3.8) is 0 Å². The molecule has 6 aromatic rings. The number of ether oxygens (including phenoxy) is 2. The van der Waals surface area contributed by atoms with Crippen LogP contribution in [0.3, 0.4) is 0 Å². The molecule has 4 aliphatic heterocycles. The van der Waals surface area contributed by atoms with E-state index in [1.54, 1.807) is 74.5 Å². The summed E-state index contributed by atoms with van der Waals surface area (Å²) in [5.74, 6) is -0.845. The van der Waals surface area contributed by atoms with Gasteiger partial charge < -0.3 is 40.1 Å². The summed E-state index contributed by atoms with van der Waals surface area (Å²) in [6.45, 7) is 9.92. The summed E-state index contributed by atoms with van der Waals surface area (Å²) < 4.78 is 72.0. The smallest absolute Gasteiger partial charge is 0.264 e. The highest BCUT2D eigenvalue weighted by atomic mass is 35.5. The van der Waals surface area contributed by atoms with E-state index in [-0.39, 0.29) is 82.5 Å². The Morgan fingerprint density at radius 3 is 1.29 bits per heavy atom. The molecule has 12 atom stereocenters. The SMILES string of the molecule is C[C@@H]1[C@@H](C)CCC[C@@](CO)(NC(=O)c2ccccc2)[C@@H]2CC[C@H]2CN2C[C@@]3(CCCc4cc(Cl)ccc43)COc3ccc(cc32)C(=O)NS1(=O)=O.C[C@@H]1[C@@H](C)CCC[C@](CO)(NC(=O)c2ccccc2)[C@@H]2CC[C@H]2CN2C[C@@]3(CCCc4cc(Cl)ccc43)COc3ccc(cc32)C(=O)NS1(=O)=O. The Bertz CT molecular complexity index is 4090. The molecule has 2 saturated carbocycles. The van der Waals surface area contributed by atoms with E-state index in [9.17, 15) is 46.2 Å². The summed E-state index contributed by atoms with van der Waals surface area (Å²) in [6.07, 6.45) is 12.5. The second-order valence-corrected chi connectivity index (χ2v) is 35.8. The van der Waals surface area contributed by atoms with Gasteiger partial charge in [0.2, 0.25) is 20.0 Å². The molecular weight excluding hydrogens is 1370 g/mol. The van der Waals surface area contributed by atoms with Gasteiger partial charge in [0.05, 0.1) is 59.4 Å². The highest BCUT2D eigenvalue weighted by molar-refractivity contribution is 7.91. The molecule has 2 fully saturated rings. The molecule has 18 nitrogen and oxygen atoms in total. The fourth-order valence-corrected chi connectivity index (χ4v) is 21.2. The lowest BCUT2D eigenvalue weighted by Crippen LogP contribution is -2.62. The number of aryl methyl sites for hydroxylation is 2. The molecule has 4 heterocycles. The number of aliphatic hydroxyl groups is 2. The molecule has 2 spiro atoms. The van der Waals surface area contributed by atoms with Gasteiger partial charge in [-0.3, -0.25) is 19.2 Å². The van der Waals surface area contributed by atoms with E-state index < -0.39 is 53.4 Å². The lowest BCUT2D eigenvalue weighted by molar-refractivity contribution is 0.00712. The number of hydrogen-bond donors (Lipinski definition) is 6. The minimum absolute atomic E-state index is 0.0213. The van der Waals surface area contributed by atoms with Crippen LogP contribution >= 0.6 is 23.2 Å². The van der Waals surface area contributed by atoms with Gasteiger partial charge in [-0.05, 0) is 246 Å². The molecule has 102 heavy (non-hydrogen) atoms. The molecule has 0 radical (unpaired) electrons. The Kier molecular flexibility index (Phi) is 21.3. The number of halogens is 2. The first-order valence-electron chi connectivity index (χ1n) is 36.6. The van der Waals surface area contributed by atoms with Crippen molar-refractivity contribution < 1.29 is 55.7 Å². The number of fused-ring (bicyclic) bond motifs is 8. The predicted octanol–water partition coefficient (Wildman–Crippen LogP) is 12.5. The fraction of sp³-hybridized carbons (Fsp3) is 0.500. The number of aliphatic hydroxyl groups excluding tert-OH is 2. The second-order valence-electron chi connectivity index (χ2n) is 30.8. The van der Waals surface area contributed by atoms with Crippen molar-refractivity contribution in [2.45, 2.75) is 163 Å². The number of nitrogens with one attached hydrogen (secondary N) is 4. The third kappa shape index (κ3) is 14.7. The van der Waals surface area contributed by atoms with Crippen LogP contribution in [0.5, 0.6) is 11.5 Å². The minimum Gasteiger partial charge on any atom is -0.490 e. The molecule has 0 unspecified atom stereocenters. The van der Waals surface area contributed by atoms with Crippen LogP contribution in [-0.2, 0) is 43.7 Å². The molecule has 6 N–H and O–H groups in total. The maximum absolute atomic E-state index is 13.7. The van der Waals surface area contributed by atoms with Crippen LogP contribution in [0.15, 0.2) is 133 Å². The standard InChI is InChI=1S/2C40H48ClN3O6S/c2*1-26-8-6-19-40(24-45,42-37(46)28-9-4-3-5-10-28)34-15-12-31(34)22-44-23-39(18-7-11-29-20-32(41)14-16-33(29)39)25-50-36-17-13-30(21-35(36)44)38(47)43-51(48,49)27(26)2/h2*3-5,9-10,13-14,16-17,20-21,26-27,31,34,45H,6-8,11-12,15,18-19,22-25H2,1-2H3,(H,42,46)(H,43,47)/t26-,27+,31-,34+,39-,40+;26-,27+,31-,34+,39-,40-/m00/s1. The topological polar surface area (TPSA) is 250 Å². The number of nitrogens with zero attached hydrogens (tertiary/aromatic N) is 2. The molecule has 4 aliphatic carbocycles. The van der Waals surface area contributed by atoms with E-state index in [0.29, 0.717) is 111 Å². The maximum Gasteiger partial charge on any atom is 0.264 e. The van der Waals surface area contributed by atoms with Crippen molar-refractivity contribution in [2.24, 2.45) is 35.5 Å². The zero-order valence-electron chi connectivity index (χ0n) is 58.7. The monoisotopic (exact) mass is 1470 g/mol. The quantitative estimate of drug-likeness (QED) is 0.0908. The van der Waals surface area contributed by atoms with E-state index in [1.807, 2.05) is 62.4 Å². The van der Waals surface area contributed by atoms with E-state index in [1.165, 1.54) is 22.3 Å². The number of hydrogen-bond acceptors (Lipinski definition) is 14. The first-order valence-corrected chi connectivity index (χ1v) is 40.4. The van der Waals surface area contributed by atoms with Crippen LogP contribution in [0.25, 0.3) is 0 Å². The van der Waals surface area contributed by atoms with Crippen molar-refractivity contribution in [2.75, 3.05) is 62.4 Å². The van der Waals surface area contributed by atoms with Gasteiger partial charge in [0, 0.05) is 69.3 Å². The zero-order chi connectivity index (χ0) is 71.9. The Morgan fingerprint density at radius 2 is 0.922 bits per heavy atom. The van der Waals surface area contributed by atoms with E-state index in [0.717, 1.165) is 75.6 Å². The summed E-state index contributed by atoms with van der Waals surface area (Å²) in [7, 11) is -8.02. The van der Waals surface area contributed by atoms with Crippen molar-refractivity contribution >= 4 is 78.3 Å². The Labute approximate surface area is 610 Å². The normalized spacial score (nSPS) is 30.4. The second kappa shape index (κ2) is 29.7. The highest BCUT2D eigenvalue weighted by Gasteiger charge is 2.53. The van der Waals surface area contributed by atoms with Crippen LogP contribution in [0.1, 0.15) is 181 Å². The van der Waals surface area contributed by atoms with Crippen LogP contribution in [0.4, 0.5) is 11.4 Å². The lowest BCUT2D eigenvalue weighted by atomic mass is 9.61. The molecule has 4 amide bonds. The molecule has 544 valence electrons. The van der Waals surface area contributed by atoms with Gasteiger partial charge in [-0.1, -0.05) is 98.4 Å². The van der Waals surface area contributed by atoms with Gasteiger partial charge in [0.1, 0.15) is 11.5 Å². The first kappa shape index (κ1) is 73.1. The molecule has 6 aromatic carbocycles. The summed E-state index contributed by atoms with van der Waals surface area (Å²) in [5, 5.41) is 28.8. The molecular formula is C80H96Cl2N6O12S2. The average Bonchev–Trinajstić information content (AvgIpc) is 1.49. The van der Waals surface area contributed by atoms with Gasteiger partial charge >= 0.3 is 0 Å². The van der Waals surface area contributed by atoms with Gasteiger partial charge in [0.15, 0.2) is 0 Å². The Hall–Kier alpha value is -7.20. The van der Waals surface area contributed by atoms with Gasteiger partial charge in [0.25, 0.3) is 23.6 Å². The molecule has 14 rings (SSSR count). The third-order valence-corrected chi connectivity index (χ3v) is 29.0.